The van der Waals surface area contributed by atoms with Crippen LogP contribution < -0.4 is 5.43 Å². The van der Waals surface area contributed by atoms with Crippen LogP contribution >= 0.6 is 0 Å². The summed E-state index contributed by atoms with van der Waals surface area (Å²) in [4.78, 5) is 12.2. The van der Waals surface area contributed by atoms with Crippen molar-refractivity contribution in [3.63, 3.8) is 0 Å². The SMILES string of the molecule is CC(C)=CCc1c(O)cc(O)c2c(=O)cc(C(C)C)oc12. The molecular formula is C17H20O4. The maximum Gasteiger partial charge on any atom is 0.196 e. The van der Waals surface area contributed by atoms with Gasteiger partial charge in [-0.15, -0.1) is 0 Å². The van der Waals surface area contributed by atoms with E-state index < -0.39 is 0 Å². The number of fused-ring (bicyclic) bond motifs is 1. The van der Waals surface area contributed by atoms with Gasteiger partial charge in [-0.3, -0.25) is 4.79 Å². The fourth-order valence-electron chi connectivity index (χ4n) is 2.16. The van der Waals surface area contributed by atoms with Crippen LogP contribution in [0.5, 0.6) is 11.5 Å². The van der Waals surface area contributed by atoms with Gasteiger partial charge in [0.2, 0.25) is 0 Å². The average molecular weight is 288 g/mol. The molecule has 0 saturated carbocycles. The summed E-state index contributed by atoms with van der Waals surface area (Å²) < 4.78 is 5.78. The summed E-state index contributed by atoms with van der Waals surface area (Å²) in [5, 5.41) is 20.1. The van der Waals surface area contributed by atoms with E-state index in [4.69, 9.17) is 4.42 Å². The fraction of sp³-hybridized carbons (Fsp3) is 0.353. The van der Waals surface area contributed by atoms with Crippen LogP contribution in [0.1, 0.15) is 44.9 Å². The van der Waals surface area contributed by atoms with Gasteiger partial charge in [-0.1, -0.05) is 25.5 Å². The van der Waals surface area contributed by atoms with Crippen LogP contribution in [-0.2, 0) is 6.42 Å². The molecule has 1 aromatic carbocycles. The first kappa shape index (κ1) is 15.2. The number of hydrogen-bond donors (Lipinski definition) is 2. The molecule has 2 rings (SSSR count). The number of allylic oxidation sites excluding steroid dienone is 2. The van der Waals surface area contributed by atoms with Gasteiger partial charge in [-0.05, 0) is 20.3 Å². The quantitative estimate of drug-likeness (QED) is 0.842. The lowest BCUT2D eigenvalue weighted by atomic mass is 10.0. The van der Waals surface area contributed by atoms with Crippen LogP contribution in [0.4, 0.5) is 0 Å². The molecule has 0 amide bonds. The standard InChI is InChI=1S/C17H20O4/c1-9(2)5-6-11-12(18)7-13(19)16-14(20)8-15(10(3)4)21-17(11)16/h5,7-8,10,18-19H,6H2,1-4H3. The molecule has 112 valence electrons. The molecule has 0 aliphatic rings. The Morgan fingerprint density at radius 3 is 2.48 bits per heavy atom. The van der Waals surface area contributed by atoms with E-state index in [0.29, 0.717) is 17.7 Å². The third kappa shape index (κ3) is 2.94. The molecular weight excluding hydrogens is 268 g/mol. The molecule has 0 aliphatic heterocycles. The molecule has 0 radical (unpaired) electrons. The molecule has 2 N–H and O–H groups in total. The van der Waals surface area contributed by atoms with Gasteiger partial charge in [0.15, 0.2) is 5.43 Å². The minimum atomic E-state index is -0.295. The fourth-order valence-corrected chi connectivity index (χ4v) is 2.16. The summed E-state index contributed by atoms with van der Waals surface area (Å²) >= 11 is 0. The first-order chi connectivity index (χ1) is 9.81. The minimum absolute atomic E-state index is 0.0443. The van der Waals surface area contributed by atoms with E-state index in [1.165, 1.54) is 12.1 Å². The van der Waals surface area contributed by atoms with Crippen molar-refractivity contribution in [1.29, 1.82) is 0 Å². The minimum Gasteiger partial charge on any atom is -0.507 e. The molecule has 2 aromatic rings. The third-order valence-electron chi connectivity index (χ3n) is 3.36. The third-order valence-corrected chi connectivity index (χ3v) is 3.36. The summed E-state index contributed by atoms with van der Waals surface area (Å²) in [7, 11) is 0. The molecule has 4 heteroatoms. The number of rotatable bonds is 3. The highest BCUT2D eigenvalue weighted by Crippen LogP contribution is 2.34. The molecule has 0 spiro atoms. The van der Waals surface area contributed by atoms with E-state index >= 15 is 0 Å². The lowest BCUT2D eigenvalue weighted by Gasteiger charge is -2.11. The van der Waals surface area contributed by atoms with Crippen LogP contribution in [0, 0.1) is 0 Å². The van der Waals surface area contributed by atoms with Crippen molar-refractivity contribution in [2.45, 2.75) is 40.0 Å². The predicted molar refractivity (Wildman–Crippen MR) is 83.0 cm³/mol. The Balaban J connectivity index is 2.83. The topological polar surface area (TPSA) is 70.7 Å². The lowest BCUT2D eigenvalue weighted by Crippen LogP contribution is -2.05. The first-order valence-corrected chi connectivity index (χ1v) is 6.96. The summed E-state index contributed by atoms with van der Waals surface area (Å²) in [5.74, 6) is 0.257. The Bertz CT molecular complexity index is 762. The Hall–Kier alpha value is -2.23. The normalized spacial score (nSPS) is 11.1. The maximum atomic E-state index is 12.2. The maximum absolute atomic E-state index is 12.2. The summed E-state index contributed by atoms with van der Waals surface area (Å²) in [6.07, 6.45) is 2.38. The number of hydrogen-bond acceptors (Lipinski definition) is 4. The molecule has 0 bridgehead atoms. The zero-order chi connectivity index (χ0) is 15.7. The molecule has 1 aromatic heterocycles. The van der Waals surface area contributed by atoms with E-state index in [1.54, 1.807) is 0 Å². The Kier molecular flexibility index (Phi) is 4.07. The molecule has 0 saturated heterocycles. The van der Waals surface area contributed by atoms with Gasteiger partial charge < -0.3 is 14.6 Å². The highest BCUT2D eigenvalue weighted by atomic mass is 16.3. The van der Waals surface area contributed by atoms with Crippen LogP contribution in [0.2, 0.25) is 0 Å². The monoisotopic (exact) mass is 288 g/mol. The number of phenols is 2. The summed E-state index contributed by atoms with van der Waals surface area (Å²) in [6.45, 7) is 7.75. The highest BCUT2D eigenvalue weighted by molar-refractivity contribution is 5.88. The van der Waals surface area contributed by atoms with Crippen LogP contribution in [-0.4, -0.2) is 10.2 Å². The summed E-state index contributed by atoms with van der Waals surface area (Å²) in [6, 6.07) is 2.59. The smallest absolute Gasteiger partial charge is 0.196 e. The van der Waals surface area contributed by atoms with Crippen molar-refractivity contribution in [2.24, 2.45) is 0 Å². The van der Waals surface area contributed by atoms with E-state index in [2.05, 4.69) is 0 Å². The molecule has 0 atom stereocenters. The number of phenolic OH excluding ortho intramolecular Hbond substituents is 2. The lowest BCUT2D eigenvalue weighted by molar-refractivity contribution is 0.444. The average Bonchev–Trinajstić information content (AvgIpc) is 2.36. The van der Waals surface area contributed by atoms with Gasteiger partial charge in [0.25, 0.3) is 0 Å². The molecule has 0 aliphatic carbocycles. The molecule has 21 heavy (non-hydrogen) atoms. The van der Waals surface area contributed by atoms with Crippen molar-refractivity contribution in [3.8, 4) is 11.5 Å². The second-order valence-electron chi connectivity index (χ2n) is 5.75. The predicted octanol–water partition coefficient (Wildman–Crippen LogP) is 3.84. The van der Waals surface area contributed by atoms with Crippen LogP contribution in [0.25, 0.3) is 11.0 Å². The van der Waals surface area contributed by atoms with Gasteiger partial charge in [0, 0.05) is 23.6 Å². The van der Waals surface area contributed by atoms with E-state index in [9.17, 15) is 15.0 Å². The summed E-state index contributed by atoms with van der Waals surface area (Å²) in [5.41, 5.74) is 1.58. The molecule has 1 heterocycles. The Labute approximate surface area is 123 Å². The van der Waals surface area contributed by atoms with Crippen LogP contribution in [0.3, 0.4) is 0 Å². The Morgan fingerprint density at radius 2 is 1.90 bits per heavy atom. The number of benzene rings is 1. The molecule has 0 fully saturated rings. The molecule has 4 nitrogen and oxygen atoms in total. The van der Waals surface area contributed by atoms with Gasteiger partial charge in [-0.2, -0.15) is 0 Å². The second-order valence-corrected chi connectivity index (χ2v) is 5.75. The van der Waals surface area contributed by atoms with Crippen LogP contribution in [0.15, 0.2) is 33.0 Å². The van der Waals surface area contributed by atoms with Gasteiger partial charge >= 0.3 is 0 Å². The van der Waals surface area contributed by atoms with Crippen molar-refractivity contribution >= 4 is 11.0 Å². The first-order valence-electron chi connectivity index (χ1n) is 6.96. The Morgan fingerprint density at radius 1 is 1.24 bits per heavy atom. The zero-order valence-electron chi connectivity index (χ0n) is 12.7. The van der Waals surface area contributed by atoms with Gasteiger partial charge in [0.05, 0.1) is 0 Å². The van der Waals surface area contributed by atoms with E-state index in [0.717, 1.165) is 5.57 Å². The van der Waals surface area contributed by atoms with Gasteiger partial charge in [0.1, 0.15) is 28.2 Å². The van der Waals surface area contributed by atoms with Crippen molar-refractivity contribution < 1.29 is 14.6 Å². The highest BCUT2D eigenvalue weighted by Gasteiger charge is 2.17. The molecule has 0 unspecified atom stereocenters. The van der Waals surface area contributed by atoms with Crippen molar-refractivity contribution in [1.82, 2.24) is 0 Å². The largest absolute Gasteiger partial charge is 0.507 e. The van der Waals surface area contributed by atoms with Crippen molar-refractivity contribution in [2.75, 3.05) is 0 Å². The van der Waals surface area contributed by atoms with E-state index in [1.807, 2.05) is 33.8 Å². The second kappa shape index (κ2) is 5.64. The zero-order valence-corrected chi connectivity index (χ0v) is 12.7. The van der Waals surface area contributed by atoms with Crippen molar-refractivity contribution in [3.05, 3.63) is 45.3 Å². The van der Waals surface area contributed by atoms with Gasteiger partial charge in [-0.25, -0.2) is 0 Å². The van der Waals surface area contributed by atoms with E-state index in [-0.39, 0.29) is 33.8 Å². The number of aromatic hydroxyl groups is 2.